The summed E-state index contributed by atoms with van der Waals surface area (Å²) in [6, 6.07) is 3.06. The highest BCUT2D eigenvalue weighted by Crippen LogP contribution is 2.25. The molecule has 0 aliphatic heterocycles. The minimum atomic E-state index is -0.382. The fourth-order valence-electron chi connectivity index (χ4n) is 1.71. The van der Waals surface area contributed by atoms with Gasteiger partial charge in [0.15, 0.2) is 0 Å². The highest BCUT2D eigenvalue weighted by atomic mass is 35.5. The van der Waals surface area contributed by atoms with Crippen molar-refractivity contribution in [3.63, 3.8) is 0 Å². The van der Waals surface area contributed by atoms with Gasteiger partial charge in [-0.2, -0.15) is 0 Å². The van der Waals surface area contributed by atoms with Gasteiger partial charge in [0.1, 0.15) is 10.8 Å². The van der Waals surface area contributed by atoms with Gasteiger partial charge < -0.3 is 10.4 Å². The van der Waals surface area contributed by atoms with Crippen LogP contribution in [0.15, 0.2) is 12.1 Å². The van der Waals surface area contributed by atoms with Gasteiger partial charge in [0.2, 0.25) is 0 Å². The lowest BCUT2D eigenvalue weighted by molar-refractivity contribution is 0.0847. The smallest absolute Gasteiger partial charge is 0.271 e. The monoisotopic (exact) mass is 304 g/mol. The second kappa shape index (κ2) is 7.08. The summed E-state index contributed by atoms with van der Waals surface area (Å²) in [4.78, 5) is 15.9. The van der Waals surface area contributed by atoms with Crippen molar-refractivity contribution in [1.29, 1.82) is 0 Å². The van der Waals surface area contributed by atoms with Gasteiger partial charge in [0, 0.05) is 12.0 Å². The number of nitrogens with one attached hydrogen (secondary N) is 1. The summed E-state index contributed by atoms with van der Waals surface area (Å²) < 4.78 is 0. The summed E-state index contributed by atoms with van der Waals surface area (Å²) in [5, 5.41) is 12.7. The summed E-state index contributed by atoms with van der Waals surface area (Å²) in [6.07, 6.45) is 1.55. The Morgan fingerprint density at radius 3 is 2.53 bits per heavy atom. The molecule has 0 unspecified atom stereocenters. The first-order valence-corrected chi connectivity index (χ1v) is 6.94. The second-order valence-corrected chi connectivity index (χ2v) is 5.31. The van der Waals surface area contributed by atoms with Gasteiger partial charge in [-0.25, -0.2) is 4.98 Å². The van der Waals surface area contributed by atoms with Crippen LogP contribution in [0.2, 0.25) is 10.2 Å². The molecule has 0 fully saturated rings. The third kappa shape index (κ3) is 4.06. The Labute approximate surface area is 123 Å². The van der Waals surface area contributed by atoms with Crippen molar-refractivity contribution in [2.75, 3.05) is 13.2 Å². The number of aromatic nitrogens is 1. The summed E-state index contributed by atoms with van der Waals surface area (Å²) in [7, 11) is 0. The molecule has 0 saturated carbocycles. The van der Waals surface area contributed by atoms with E-state index in [2.05, 4.69) is 10.3 Å². The molecule has 0 aromatic carbocycles. The Balaban J connectivity index is 2.77. The Kier molecular flexibility index (Phi) is 6.04. The Morgan fingerprint density at radius 1 is 1.37 bits per heavy atom. The predicted molar refractivity (Wildman–Crippen MR) is 76.7 cm³/mol. The van der Waals surface area contributed by atoms with E-state index in [9.17, 15) is 9.90 Å². The third-order valence-electron chi connectivity index (χ3n) is 3.49. The fraction of sp³-hybridized carbons (Fsp3) is 0.538. The molecule has 1 heterocycles. The normalized spacial score (nSPS) is 11.4. The first-order valence-electron chi connectivity index (χ1n) is 6.19. The zero-order chi connectivity index (χ0) is 14.5. The van der Waals surface area contributed by atoms with Gasteiger partial charge in [-0.15, -0.1) is 0 Å². The molecule has 0 bridgehead atoms. The number of nitrogens with zero attached hydrogens (tertiary/aromatic N) is 1. The van der Waals surface area contributed by atoms with E-state index in [1.54, 1.807) is 0 Å². The number of hydrogen-bond donors (Lipinski definition) is 2. The molecule has 0 spiro atoms. The van der Waals surface area contributed by atoms with Crippen molar-refractivity contribution in [2.45, 2.75) is 26.7 Å². The van der Waals surface area contributed by atoms with Gasteiger partial charge in [0.05, 0.1) is 11.6 Å². The standard InChI is InChI=1S/C13H18Cl2N2O2/c1-3-13(4-2,8-18)7-16-12(19)11-9(14)5-6-10(15)17-11/h5-6,18H,3-4,7-8H2,1-2H3,(H,16,19). The number of amides is 1. The molecule has 1 amide bonds. The van der Waals surface area contributed by atoms with E-state index in [-0.39, 0.29) is 33.8 Å². The van der Waals surface area contributed by atoms with Crippen molar-refractivity contribution < 1.29 is 9.90 Å². The van der Waals surface area contributed by atoms with Crippen molar-refractivity contribution in [3.05, 3.63) is 28.0 Å². The molecule has 0 radical (unpaired) electrons. The molecule has 0 saturated heterocycles. The van der Waals surface area contributed by atoms with Gasteiger partial charge in [-0.1, -0.05) is 37.0 Å². The SMILES string of the molecule is CCC(CC)(CO)CNC(=O)c1nc(Cl)ccc1Cl. The molecular weight excluding hydrogens is 287 g/mol. The van der Waals surface area contributed by atoms with E-state index in [0.29, 0.717) is 6.54 Å². The van der Waals surface area contributed by atoms with E-state index in [0.717, 1.165) is 12.8 Å². The van der Waals surface area contributed by atoms with Crippen LogP contribution in [0.1, 0.15) is 37.2 Å². The Hall–Kier alpha value is -0.840. The summed E-state index contributed by atoms with van der Waals surface area (Å²) in [5.74, 6) is -0.382. The molecular formula is C13H18Cl2N2O2. The molecule has 1 rings (SSSR count). The molecule has 6 heteroatoms. The molecule has 106 valence electrons. The van der Waals surface area contributed by atoms with Gasteiger partial charge in [-0.05, 0) is 25.0 Å². The van der Waals surface area contributed by atoms with Crippen LogP contribution in [-0.2, 0) is 0 Å². The van der Waals surface area contributed by atoms with Gasteiger partial charge in [0.25, 0.3) is 5.91 Å². The number of hydrogen-bond acceptors (Lipinski definition) is 3. The number of carbonyl (C=O) groups excluding carboxylic acids is 1. The van der Waals surface area contributed by atoms with E-state index >= 15 is 0 Å². The first-order chi connectivity index (χ1) is 8.98. The van der Waals surface area contributed by atoms with Crippen LogP contribution in [-0.4, -0.2) is 29.1 Å². The van der Waals surface area contributed by atoms with E-state index in [1.807, 2.05) is 13.8 Å². The van der Waals surface area contributed by atoms with Gasteiger partial charge in [-0.3, -0.25) is 4.79 Å². The maximum absolute atomic E-state index is 12.0. The topological polar surface area (TPSA) is 62.2 Å². The fourth-order valence-corrected chi connectivity index (χ4v) is 2.05. The van der Waals surface area contributed by atoms with Crippen LogP contribution in [0.5, 0.6) is 0 Å². The number of rotatable bonds is 6. The number of aliphatic hydroxyl groups excluding tert-OH is 1. The molecule has 1 aromatic rings. The average Bonchev–Trinajstić information content (AvgIpc) is 2.43. The summed E-state index contributed by atoms with van der Waals surface area (Å²) >= 11 is 11.7. The van der Waals surface area contributed by atoms with E-state index in [4.69, 9.17) is 23.2 Å². The Bertz CT molecular complexity index is 440. The lowest BCUT2D eigenvalue weighted by Crippen LogP contribution is -2.39. The number of halogens is 2. The minimum Gasteiger partial charge on any atom is -0.396 e. The lowest BCUT2D eigenvalue weighted by Gasteiger charge is -2.29. The van der Waals surface area contributed by atoms with Crippen LogP contribution in [0.3, 0.4) is 0 Å². The van der Waals surface area contributed by atoms with Crippen molar-refractivity contribution in [2.24, 2.45) is 5.41 Å². The number of pyridine rings is 1. The minimum absolute atomic E-state index is 0.0248. The maximum Gasteiger partial charge on any atom is 0.271 e. The zero-order valence-corrected chi connectivity index (χ0v) is 12.6. The predicted octanol–water partition coefficient (Wildman–Crippen LogP) is 2.92. The summed E-state index contributed by atoms with van der Waals surface area (Å²) in [6.45, 7) is 4.36. The lowest BCUT2D eigenvalue weighted by atomic mass is 9.83. The number of carbonyl (C=O) groups is 1. The van der Waals surface area contributed by atoms with Gasteiger partial charge >= 0.3 is 0 Å². The number of aliphatic hydroxyl groups is 1. The highest BCUT2D eigenvalue weighted by Gasteiger charge is 2.26. The van der Waals surface area contributed by atoms with Crippen LogP contribution in [0.4, 0.5) is 0 Å². The van der Waals surface area contributed by atoms with Crippen molar-refractivity contribution >= 4 is 29.1 Å². The Morgan fingerprint density at radius 2 is 2.00 bits per heavy atom. The van der Waals surface area contributed by atoms with E-state index < -0.39 is 0 Å². The molecule has 0 atom stereocenters. The van der Waals surface area contributed by atoms with Crippen molar-refractivity contribution in [1.82, 2.24) is 10.3 Å². The van der Waals surface area contributed by atoms with Crippen LogP contribution in [0.25, 0.3) is 0 Å². The summed E-state index contributed by atoms with van der Waals surface area (Å²) in [5.41, 5.74) is -0.200. The second-order valence-electron chi connectivity index (χ2n) is 4.51. The van der Waals surface area contributed by atoms with Crippen LogP contribution >= 0.6 is 23.2 Å². The molecule has 4 nitrogen and oxygen atoms in total. The van der Waals surface area contributed by atoms with Crippen LogP contribution < -0.4 is 5.32 Å². The first kappa shape index (κ1) is 16.2. The van der Waals surface area contributed by atoms with Crippen molar-refractivity contribution in [3.8, 4) is 0 Å². The van der Waals surface area contributed by atoms with E-state index in [1.165, 1.54) is 12.1 Å². The molecule has 0 aliphatic rings. The molecule has 2 N–H and O–H groups in total. The molecule has 0 aliphatic carbocycles. The zero-order valence-electron chi connectivity index (χ0n) is 11.0. The quantitative estimate of drug-likeness (QED) is 0.794. The average molecular weight is 305 g/mol. The third-order valence-corrected chi connectivity index (χ3v) is 4.00. The maximum atomic E-state index is 12.0. The highest BCUT2D eigenvalue weighted by molar-refractivity contribution is 6.34. The molecule has 19 heavy (non-hydrogen) atoms. The largest absolute Gasteiger partial charge is 0.396 e. The molecule has 1 aromatic heterocycles. The van der Waals surface area contributed by atoms with Crippen LogP contribution in [0, 0.1) is 5.41 Å².